The summed E-state index contributed by atoms with van der Waals surface area (Å²) in [7, 11) is 0. The standard InChI is InChI=1S/C15H13NO3S2/c1-2-9-7-11(14(20-9)15(17)18)19-8-13-16-10-5-3-4-6-12(10)21-13/h3-7H,2,8H2,1H3,(H,17,18). The summed E-state index contributed by atoms with van der Waals surface area (Å²) in [6.07, 6.45) is 0.801. The molecule has 2 heterocycles. The van der Waals surface area contributed by atoms with Crippen molar-refractivity contribution in [1.29, 1.82) is 0 Å². The molecule has 2 aromatic heterocycles. The normalized spacial score (nSPS) is 10.9. The van der Waals surface area contributed by atoms with Crippen LogP contribution in [0.25, 0.3) is 10.2 Å². The monoisotopic (exact) mass is 319 g/mol. The number of carboxylic acids is 1. The first-order chi connectivity index (χ1) is 10.2. The Morgan fingerprint density at radius 2 is 2.14 bits per heavy atom. The topological polar surface area (TPSA) is 59.4 Å². The van der Waals surface area contributed by atoms with Gasteiger partial charge < -0.3 is 9.84 Å². The Kier molecular flexibility index (Phi) is 3.90. The molecule has 0 spiro atoms. The number of aromatic carboxylic acids is 1. The molecule has 0 bridgehead atoms. The van der Waals surface area contributed by atoms with E-state index in [1.807, 2.05) is 31.2 Å². The average Bonchev–Trinajstić information content (AvgIpc) is 3.08. The molecule has 0 aliphatic rings. The van der Waals surface area contributed by atoms with Crippen LogP contribution in [0.4, 0.5) is 0 Å². The Labute approximate surface area is 129 Å². The van der Waals surface area contributed by atoms with Crippen LogP contribution in [0.15, 0.2) is 30.3 Å². The lowest BCUT2D eigenvalue weighted by Gasteiger charge is -2.02. The summed E-state index contributed by atoms with van der Waals surface area (Å²) in [5, 5.41) is 10.0. The van der Waals surface area contributed by atoms with E-state index in [4.69, 9.17) is 4.74 Å². The van der Waals surface area contributed by atoms with Gasteiger partial charge in [-0.25, -0.2) is 9.78 Å². The summed E-state index contributed by atoms with van der Waals surface area (Å²) in [6.45, 7) is 2.29. The van der Waals surface area contributed by atoms with E-state index in [0.717, 1.165) is 26.5 Å². The van der Waals surface area contributed by atoms with Gasteiger partial charge in [0.15, 0.2) is 4.88 Å². The number of benzene rings is 1. The number of aromatic nitrogens is 1. The summed E-state index contributed by atoms with van der Waals surface area (Å²) in [5.41, 5.74) is 0.944. The van der Waals surface area contributed by atoms with Gasteiger partial charge >= 0.3 is 5.97 Å². The zero-order chi connectivity index (χ0) is 14.8. The number of carboxylic acid groups (broad SMARTS) is 1. The fourth-order valence-corrected chi connectivity index (χ4v) is 3.73. The molecule has 0 atom stereocenters. The lowest BCUT2D eigenvalue weighted by molar-refractivity contribution is 0.0697. The largest absolute Gasteiger partial charge is 0.485 e. The van der Waals surface area contributed by atoms with Gasteiger partial charge in [-0.3, -0.25) is 0 Å². The maximum Gasteiger partial charge on any atom is 0.349 e. The second-order valence-electron chi connectivity index (χ2n) is 4.43. The summed E-state index contributed by atoms with van der Waals surface area (Å²) < 4.78 is 6.78. The van der Waals surface area contributed by atoms with Crippen LogP contribution in [0.5, 0.6) is 5.75 Å². The molecular weight excluding hydrogens is 306 g/mol. The molecule has 0 saturated carbocycles. The number of thiophene rings is 1. The minimum absolute atomic E-state index is 0.257. The lowest BCUT2D eigenvalue weighted by atomic mass is 10.3. The smallest absolute Gasteiger partial charge is 0.349 e. The predicted molar refractivity (Wildman–Crippen MR) is 84.6 cm³/mol. The van der Waals surface area contributed by atoms with E-state index >= 15 is 0 Å². The van der Waals surface area contributed by atoms with Crippen molar-refractivity contribution < 1.29 is 14.6 Å². The van der Waals surface area contributed by atoms with Crippen molar-refractivity contribution >= 4 is 38.9 Å². The number of para-hydroxylation sites is 1. The van der Waals surface area contributed by atoms with Gasteiger partial charge in [-0.05, 0) is 24.6 Å². The fourth-order valence-electron chi connectivity index (χ4n) is 1.97. The van der Waals surface area contributed by atoms with E-state index < -0.39 is 5.97 Å². The number of fused-ring (bicyclic) bond motifs is 1. The Balaban J connectivity index is 1.80. The van der Waals surface area contributed by atoms with Crippen molar-refractivity contribution in [1.82, 2.24) is 4.98 Å². The number of hydrogen-bond acceptors (Lipinski definition) is 5. The molecule has 0 radical (unpaired) electrons. The number of rotatable bonds is 5. The number of thiazole rings is 1. The molecule has 3 aromatic rings. The summed E-state index contributed by atoms with van der Waals surface area (Å²) in [6, 6.07) is 9.69. The van der Waals surface area contributed by atoms with Crippen LogP contribution in [0, 0.1) is 0 Å². The Morgan fingerprint density at radius 3 is 2.86 bits per heavy atom. The molecule has 0 saturated heterocycles. The molecule has 0 aliphatic heterocycles. The molecule has 1 N–H and O–H groups in total. The van der Waals surface area contributed by atoms with Gasteiger partial charge in [0, 0.05) is 4.88 Å². The average molecular weight is 319 g/mol. The van der Waals surface area contributed by atoms with E-state index in [2.05, 4.69) is 4.98 Å². The molecule has 0 fully saturated rings. The molecule has 4 nitrogen and oxygen atoms in total. The summed E-state index contributed by atoms with van der Waals surface area (Å²) in [4.78, 5) is 17.0. The van der Waals surface area contributed by atoms with E-state index in [0.29, 0.717) is 12.4 Å². The van der Waals surface area contributed by atoms with E-state index in [1.165, 1.54) is 11.3 Å². The van der Waals surface area contributed by atoms with Crippen molar-refractivity contribution in [2.45, 2.75) is 20.0 Å². The van der Waals surface area contributed by atoms with Gasteiger partial charge in [-0.1, -0.05) is 19.1 Å². The predicted octanol–water partition coefficient (Wildman–Crippen LogP) is 4.20. The molecular formula is C15H13NO3S2. The lowest BCUT2D eigenvalue weighted by Crippen LogP contribution is -1.99. The highest BCUT2D eigenvalue weighted by Crippen LogP contribution is 2.31. The number of hydrogen-bond donors (Lipinski definition) is 1. The van der Waals surface area contributed by atoms with Crippen molar-refractivity contribution in [3.05, 3.63) is 45.1 Å². The van der Waals surface area contributed by atoms with Crippen LogP contribution in [0.1, 0.15) is 26.5 Å². The van der Waals surface area contributed by atoms with Crippen molar-refractivity contribution in [3.63, 3.8) is 0 Å². The van der Waals surface area contributed by atoms with Crippen LogP contribution in [0.2, 0.25) is 0 Å². The molecule has 0 amide bonds. The van der Waals surface area contributed by atoms with Crippen LogP contribution >= 0.6 is 22.7 Å². The Hall–Kier alpha value is -1.92. The highest BCUT2D eigenvalue weighted by molar-refractivity contribution is 7.18. The zero-order valence-electron chi connectivity index (χ0n) is 11.3. The number of nitrogens with zero attached hydrogens (tertiary/aromatic N) is 1. The first-order valence-electron chi connectivity index (χ1n) is 6.50. The van der Waals surface area contributed by atoms with E-state index in [9.17, 15) is 9.90 Å². The van der Waals surface area contributed by atoms with E-state index in [-0.39, 0.29) is 4.88 Å². The first kappa shape index (κ1) is 14.0. The highest BCUT2D eigenvalue weighted by Gasteiger charge is 2.16. The third-order valence-electron chi connectivity index (χ3n) is 2.98. The maximum absolute atomic E-state index is 11.2. The van der Waals surface area contributed by atoms with Crippen LogP contribution in [0.3, 0.4) is 0 Å². The van der Waals surface area contributed by atoms with Crippen LogP contribution in [-0.4, -0.2) is 16.1 Å². The highest BCUT2D eigenvalue weighted by atomic mass is 32.1. The van der Waals surface area contributed by atoms with Crippen LogP contribution < -0.4 is 4.74 Å². The van der Waals surface area contributed by atoms with Gasteiger partial charge in [-0.15, -0.1) is 22.7 Å². The van der Waals surface area contributed by atoms with Crippen molar-refractivity contribution in [2.75, 3.05) is 0 Å². The van der Waals surface area contributed by atoms with Gasteiger partial charge in [-0.2, -0.15) is 0 Å². The zero-order valence-corrected chi connectivity index (χ0v) is 13.0. The summed E-state index contributed by atoms with van der Waals surface area (Å²) in [5.74, 6) is -0.511. The summed E-state index contributed by atoms with van der Waals surface area (Å²) >= 11 is 2.83. The van der Waals surface area contributed by atoms with Crippen molar-refractivity contribution in [3.8, 4) is 5.75 Å². The number of aryl methyl sites for hydroxylation is 1. The Bertz CT molecular complexity index is 758. The van der Waals surface area contributed by atoms with Gasteiger partial charge in [0.1, 0.15) is 17.4 Å². The fraction of sp³-hybridized carbons (Fsp3) is 0.200. The number of carbonyl (C=O) groups is 1. The minimum atomic E-state index is -0.945. The molecule has 1 aromatic carbocycles. The second-order valence-corrected chi connectivity index (χ2v) is 6.68. The van der Waals surface area contributed by atoms with Gasteiger partial charge in [0.05, 0.1) is 10.2 Å². The molecule has 3 rings (SSSR count). The first-order valence-corrected chi connectivity index (χ1v) is 8.14. The van der Waals surface area contributed by atoms with Gasteiger partial charge in [0.2, 0.25) is 0 Å². The maximum atomic E-state index is 11.2. The van der Waals surface area contributed by atoms with Crippen molar-refractivity contribution in [2.24, 2.45) is 0 Å². The van der Waals surface area contributed by atoms with E-state index in [1.54, 1.807) is 17.4 Å². The third-order valence-corrected chi connectivity index (χ3v) is 5.24. The SMILES string of the molecule is CCc1cc(OCc2nc3ccccc3s2)c(C(=O)O)s1. The molecule has 0 unspecified atom stereocenters. The molecule has 108 valence electrons. The van der Waals surface area contributed by atoms with Gasteiger partial charge in [0.25, 0.3) is 0 Å². The second kappa shape index (κ2) is 5.83. The Morgan fingerprint density at radius 1 is 1.33 bits per heavy atom. The third kappa shape index (κ3) is 2.91. The number of ether oxygens (including phenoxy) is 1. The minimum Gasteiger partial charge on any atom is -0.485 e. The molecule has 6 heteroatoms. The quantitative estimate of drug-likeness (QED) is 0.766. The molecule has 21 heavy (non-hydrogen) atoms. The molecule has 0 aliphatic carbocycles. The van der Waals surface area contributed by atoms with Crippen LogP contribution in [-0.2, 0) is 13.0 Å².